The second-order valence-corrected chi connectivity index (χ2v) is 6.15. The molecular formula is C18H14N2O3S. The first-order valence-corrected chi connectivity index (χ1v) is 8.27. The zero-order valence-electron chi connectivity index (χ0n) is 12.6. The van der Waals surface area contributed by atoms with E-state index in [9.17, 15) is 4.79 Å². The lowest BCUT2D eigenvalue weighted by Crippen LogP contribution is -2.09. The number of hydrogen-bond acceptors (Lipinski definition) is 5. The molecule has 5 nitrogen and oxygen atoms in total. The van der Waals surface area contributed by atoms with Gasteiger partial charge < -0.3 is 20.1 Å². The zero-order chi connectivity index (χ0) is 16.4. The van der Waals surface area contributed by atoms with Crippen molar-refractivity contribution in [2.75, 3.05) is 17.4 Å². The Bertz CT molecular complexity index is 860. The van der Waals surface area contributed by atoms with E-state index in [0.717, 1.165) is 28.6 Å². The van der Waals surface area contributed by atoms with Gasteiger partial charge in [0.15, 0.2) is 11.5 Å². The summed E-state index contributed by atoms with van der Waals surface area (Å²) in [5.74, 6) is 1.40. The molecule has 1 aliphatic rings. The molecule has 0 aliphatic carbocycles. The van der Waals surface area contributed by atoms with Crippen LogP contribution in [0.1, 0.15) is 9.67 Å². The molecule has 3 aromatic rings. The third-order valence-electron chi connectivity index (χ3n) is 3.55. The van der Waals surface area contributed by atoms with E-state index in [1.165, 1.54) is 11.3 Å². The van der Waals surface area contributed by atoms with Gasteiger partial charge in [-0.2, -0.15) is 0 Å². The van der Waals surface area contributed by atoms with Crippen molar-refractivity contribution in [1.29, 1.82) is 0 Å². The summed E-state index contributed by atoms with van der Waals surface area (Å²) in [7, 11) is 0. The molecule has 24 heavy (non-hydrogen) atoms. The van der Waals surface area contributed by atoms with Crippen LogP contribution < -0.4 is 20.1 Å². The van der Waals surface area contributed by atoms with Crippen molar-refractivity contribution in [2.24, 2.45) is 0 Å². The summed E-state index contributed by atoms with van der Waals surface area (Å²) in [5, 5.41) is 8.05. The van der Waals surface area contributed by atoms with Crippen LogP contribution in [0.5, 0.6) is 11.5 Å². The highest BCUT2D eigenvalue weighted by molar-refractivity contribution is 7.12. The molecule has 2 heterocycles. The van der Waals surface area contributed by atoms with Gasteiger partial charge in [0.05, 0.1) is 4.88 Å². The first-order chi connectivity index (χ1) is 11.8. The van der Waals surface area contributed by atoms with Crippen molar-refractivity contribution in [3.8, 4) is 11.5 Å². The molecular weight excluding hydrogens is 324 g/mol. The maximum Gasteiger partial charge on any atom is 0.265 e. The van der Waals surface area contributed by atoms with Crippen LogP contribution in [-0.2, 0) is 0 Å². The minimum atomic E-state index is -0.0959. The number of carbonyl (C=O) groups excluding carboxylic acids is 1. The summed E-state index contributed by atoms with van der Waals surface area (Å²) in [6.45, 7) is 0.261. The molecule has 6 heteroatoms. The van der Waals surface area contributed by atoms with E-state index in [4.69, 9.17) is 9.47 Å². The van der Waals surface area contributed by atoms with Crippen LogP contribution in [0.2, 0.25) is 0 Å². The number of carbonyl (C=O) groups is 1. The fourth-order valence-corrected chi connectivity index (χ4v) is 3.00. The van der Waals surface area contributed by atoms with Crippen molar-refractivity contribution in [1.82, 2.24) is 0 Å². The van der Waals surface area contributed by atoms with E-state index in [1.807, 2.05) is 53.9 Å². The van der Waals surface area contributed by atoms with Gasteiger partial charge in [0.25, 0.3) is 5.91 Å². The number of amides is 1. The van der Waals surface area contributed by atoms with Crippen LogP contribution in [0.15, 0.2) is 60.0 Å². The van der Waals surface area contributed by atoms with Crippen molar-refractivity contribution < 1.29 is 14.3 Å². The predicted molar refractivity (Wildman–Crippen MR) is 94.6 cm³/mol. The Hall–Kier alpha value is -2.99. The van der Waals surface area contributed by atoms with Gasteiger partial charge in [0.2, 0.25) is 6.79 Å². The van der Waals surface area contributed by atoms with E-state index in [2.05, 4.69) is 10.6 Å². The summed E-state index contributed by atoms with van der Waals surface area (Å²) in [6.07, 6.45) is 0. The quantitative estimate of drug-likeness (QED) is 0.737. The smallest absolute Gasteiger partial charge is 0.265 e. The van der Waals surface area contributed by atoms with E-state index >= 15 is 0 Å². The molecule has 1 aliphatic heterocycles. The molecule has 1 aromatic heterocycles. The first kappa shape index (κ1) is 14.6. The topological polar surface area (TPSA) is 59.6 Å². The second kappa shape index (κ2) is 6.25. The van der Waals surface area contributed by atoms with Gasteiger partial charge in [0.1, 0.15) is 0 Å². The highest BCUT2D eigenvalue weighted by atomic mass is 32.1. The van der Waals surface area contributed by atoms with E-state index in [-0.39, 0.29) is 12.7 Å². The highest BCUT2D eigenvalue weighted by Gasteiger charge is 2.13. The lowest BCUT2D eigenvalue weighted by molar-refractivity contribution is 0.103. The lowest BCUT2D eigenvalue weighted by atomic mass is 10.2. The molecule has 0 atom stereocenters. The summed E-state index contributed by atoms with van der Waals surface area (Å²) in [6, 6.07) is 16.9. The number of benzene rings is 2. The average molecular weight is 338 g/mol. The van der Waals surface area contributed by atoms with Crippen molar-refractivity contribution in [2.45, 2.75) is 0 Å². The van der Waals surface area contributed by atoms with Gasteiger partial charge in [0, 0.05) is 23.1 Å². The van der Waals surface area contributed by atoms with Crippen LogP contribution >= 0.6 is 11.3 Å². The van der Waals surface area contributed by atoms with Gasteiger partial charge >= 0.3 is 0 Å². The predicted octanol–water partition coefficient (Wildman–Crippen LogP) is 4.47. The fourth-order valence-electron chi connectivity index (χ4n) is 2.38. The molecule has 0 fully saturated rings. The molecule has 0 bridgehead atoms. The molecule has 120 valence electrons. The molecule has 0 saturated heterocycles. The van der Waals surface area contributed by atoms with E-state index < -0.39 is 0 Å². The van der Waals surface area contributed by atoms with Crippen molar-refractivity contribution >= 4 is 34.3 Å². The minimum absolute atomic E-state index is 0.0959. The maximum atomic E-state index is 12.0. The number of hydrogen-bond donors (Lipinski definition) is 2. The number of ether oxygens (including phenoxy) is 2. The molecule has 2 aromatic carbocycles. The normalized spacial score (nSPS) is 12.0. The van der Waals surface area contributed by atoms with E-state index in [0.29, 0.717) is 4.88 Å². The Kier molecular flexibility index (Phi) is 3.80. The fraction of sp³-hybridized carbons (Fsp3) is 0.0556. The molecule has 4 rings (SSSR count). The number of nitrogens with one attached hydrogen (secondary N) is 2. The summed E-state index contributed by atoms with van der Waals surface area (Å²) in [5.41, 5.74) is 2.59. The Balaban J connectivity index is 1.43. The van der Waals surface area contributed by atoms with Crippen molar-refractivity contribution in [3.05, 3.63) is 64.9 Å². The van der Waals surface area contributed by atoms with Crippen LogP contribution in [0.25, 0.3) is 0 Å². The highest BCUT2D eigenvalue weighted by Crippen LogP contribution is 2.35. The SMILES string of the molecule is O=C(Nc1ccc(Nc2ccc3c(c2)OCO3)cc1)c1cccs1. The number of anilines is 3. The van der Waals surface area contributed by atoms with E-state index in [1.54, 1.807) is 6.07 Å². The number of thiophene rings is 1. The van der Waals surface area contributed by atoms with Gasteiger partial charge in [-0.3, -0.25) is 4.79 Å². The molecule has 0 spiro atoms. The average Bonchev–Trinajstić information content (AvgIpc) is 3.27. The number of rotatable bonds is 4. The van der Waals surface area contributed by atoms with Crippen LogP contribution in [-0.4, -0.2) is 12.7 Å². The van der Waals surface area contributed by atoms with Crippen LogP contribution in [0, 0.1) is 0 Å². The Morgan fingerprint density at radius 1 is 0.917 bits per heavy atom. The van der Waals surface area contributed by atoms with Crippen molar-refractivity contribution in [3.63, 3.8) is 0 Å². The largest absolute Gasteiger partial charge is 0.454 e. The Morgan fingerprint density at radius 2 is 1.67 bits per heavy atom. The van der Waals surface area contributed by atoms with Gasteiger partial charge in [-0.05, 0) is 47.8 Å². The molecule has 1 amide bonds. The summed E-state index contributed by atoms with van der Waals surface area (Å²) < 4.78 is 10.7. The van der Waals surface area contributed by atoms with Gasteiger partial charge in [-0.1, -0.05) is 6.07 Å². The zero-order valence-corrected chi connectivity index (χ0v) is 13.4. The minimum Gasteiger partial charge on any atom is -0.454 e. The summed E-state index contributed by atoms with van der Waals surface area (Å²) in [4.78, 5) is 12.7. The Labute approximate surface area is 142 Å². The lowest BCUT2D eigenvalue weighted by Gasteiger charge is -2.09. The second-order valence-electron chi connectivity index (χ2n) is 5.20. The molecule has 0 radical (unpaired) electrons. The maximum absolute atomic E-state index is 12.0. The monoisotopic (exact) mass is 338 g/mol. The number of fused-ring (bicyclic) bond motifs is 1. The standard InChI is InChI=1S/C18H14N2O3S/c21-18(17-2-1-9-24-17)20-13-5-3-12(4-6-13)19-14-7-8-15-16(10-14)23-11-22-15/h1-10,19H,11H2,(H,20,21). The third kappa shape index (κ3) is 3.04. The van der Waals surface area contributed by atoms with Gasteiger partial charge in [-0.15, -0.1) is 11.3 Å². The summed E-state index contributed by atoms with van der Waals surface area (Å²) >= 11 is 1.42. The first-order valence-electron chi connectivity index (χ1n) is 7.39. The third-order valence-corrected chi connectivity index (χ3v) is 4.42. The van der Waals surface area contributed by atoms with Crippen LogP contribution in [0.4, 0.5) is 17.1 Å². The molecule has 0 saturated carbocycles. The molecule has 0 unspecified atom stereocenters. The molecule has 2 N–H and O–H groups in total. The Morgan fingerprint density at radius 3 is 2.46 bits per heavy atom. The van der Waals surface area contributed by atoms with Crippen LogP contribution in [0.3, 0.4) is 0 Å². The van der Waals surface area contributed by atoms with Gasteiger partial charge in [-0.25, -0.2) is 0 Å².